The predicted molar refractivity (Wildman–Crippen MR) is 87.8 cm³/mol. The highest BCUT2D eigenvalue weighted by molar-refractivity contribution is 5.83. The van der Waals surface area contributed by atoms with Crippen LogP contribution >= 0.6 is 0 Å². The molecule has 1 fully saturated rings. The number of carboxylic acids is 1. The first kappa shape index (κ1) is 18.9. The smallest absolute Gasteiger partial charge is 0.326 e. The van der Waals surface area contributed by atoms with Gasteiger partial charge in [-0.1, -0.05) is 33.1 Å². The van der Waals surface area contributed by atoms with Gasteiger partial charge in [0, 0.05) is 12.5 Å². The lowest BCUT2D eigenvalue weighted by Gasteiger charge is -2.31. The van der Waals surface area contributed by atoms with Gasteiger partial charge < -0.3 is 15.3 Å². The lowest BCUT2D eigenvalue weighted by Crippen LogP contribution is -2.42. The number of carbonyl (C=O) groups is 2. The van der Waals surface area contributed by atoms with Crippen molar-refractivity contribution in [3.63, 3.8) is 0 Å². The van der Waals surface area contributed by atoms with Gasteiger partial charge in [0.05, 0.1) is 0 Å². The largest absolute Gasteiger partial charge is 0.480 e. The molecular formula is C17H32N2O3. The van der Waals surface area contributed by atoms with Gasteiger partial charge in [-0.3, -0.25) is 4.79 Å². The van der Waals surface area contributed by atoms with Crippen molar-refractivity contribution >= 4 is 11.9 Å². The summed E-state index contributed by atoms with van der Waals surface area (Å²) in [4.78, 5) is 25.4. The van der Waals surface area contributed by atoms with Gasteiger partial charge in [0.15, 0.2) is 0 Å². The molecule has 1 atom stereocenters. The first-order valence-corrected chi connectivity index (χ1v) is 8.62. The molecule has 0 spiro atoms. The molecule has 0 bridgehead atoms. The fourth-order valence-corrected chi connectivity index (χ4v) is 3.15. The summed E-state index contributed by atoms with van der Waals surface area (Å²) < 4.78 is 0. The van der Waals surface area contributed by atoms with Crippen LogP contribution in [0.1, 0.15) is 65.2 Å². The average molecular weight is 312 g/mol. The SMILES string of the molecule is CC(C)CC(NC(=O)CCCN(C)C1CCCCC1)C(=O)O. The van der Waals surface area contributed by atoms with Crippen LogP contribution in [0.25, 0.3) is 0 Å². The molecule has 0 saturated heterocycles. The maximum absolute atomic E-state index is 11.9. The van der Waals surface area contributed by atoms with Crippen LogP contribution in [0.3, 0.4) is 0 Å². The van der Waals surface area contributed by atoms with Crippen molar-refractivity contribution in [1.29, 1.82) is 0 Å². The number of rotatable bonds is 9. The summed E-state index contributed by atoms with van der Waals surface area (Å²) in [7, 11) is 2.13. The van der Waals surface area contributed by atoms with Gasteiger partial charge in [-0.05, 0) is 45.2 Å². The molecular weight excluding hydrogens is 280 g/mol. The molecule has 1 aliphatic carbocycles. The van der Waals surface area contributed by atoms with E-state index in [2.05, 4.69) is 17.3 Å². The van der Waals surface area contributed by atoms with E-state index in [9.17, 15) is 9.59 Å². The van der Waals surface area contributed by atoms with E-state index in [1.165, 1.54) is 32.1 Å². The van der Waals surface area contributed by atoms with Gasteiger partial charge in [0.2, 0.25) is 5.91 Å². The fraction of sp³-hybridized carbons (Fsp3) is 0.882. The summed E-state index contributed by atoms with van der Waals surface area (Å²) in [6.45, 7) is 4.82. The third-order valence-electron chi connectivity index (χ3n) is 4.45. The minimum Gasteiger partial charge on any atom is -0.480 e. The minimum atomic E-state index is -0.943. The van der Waals surface area contributed by atoms with Gasteiger partial charge in [-0.15, -0.1) is 0 Å². The number of nitrogens with zero attached hydrogens (tertiary/aromatic N) is 1. The van der Waals surface area contributed by atoms with Crippen LogP contribution in [-0.2, 0) is 9.59 Å². The highest BCUT2D eigenvalue weighted by Crippen LogP contribution is 2.21. The molecule has 0 radical (unpaired) electrons. The van der Waals surface area contributed by atoms with Crippen molar-refractivity contribution in [1.82, 2.24) is 10.2 Å². The Balaban J connectivity index is 2.25. The van der Waals surface area contributed by atoms with Crippen molar-refractivity contribution in [2.45, 2.75) is 77.3 Å². The van der Waals surface area contributed by atoms with E-state index >= 15 is 0 Å². The van der Waals surface area contributed by atoms with Crippen LogP contribution in [0.2, 0.25) is 0 Å². The van der Waals surface area contributed by atoms with Crippen molar-refractivity contribution in [2.75, 3.05) is 13.6 Å². The topological polar surface area (TPSA) is 69.6 Å². The van der Waals surface area contributed by atoms with Gasteiger partial charge >= 0.3 is 5.97 Å². The second-order valence-electron chi connectivity index (χ2n) is 6.96. The zero-order valence-electron chi connectivity index (χ0n) is 14.3. The van der Waals surface area contributed by atoms with Crippen molar-refractivity contribution in [3.05, 3.63) is 0 Å². The second kappa shape index (κ2) is 9.82. The summed E-state index contributed by atoms with van der Waals surface area (Å²) in [5, 5.41) is 11.8. The maximum Gasteiger partial charge on any atom is 0.326 e. The fourth-order valence-electron chi connectivity index (χ4n) is 3.15. The molecule has 0 aromatic heterocycles. The molecule has 0 aromatic carbocycles. The van der Waals surface area contributed by atoms with Crippen molar-refractivity contribution in [2.24, 2.45) is 5.92 Å². The Morgan fingerprint density at radius 3 is 2.41 bits per heavy atom. The van der Waals surface area contributed by atoms with Crippen LogP contribution in [0.5, 0.6) is 0 Å². The maximum atomic E-state index is 11.9. The van der Waals surface area contributed by atoms with Crippen LogP contribution < -0.4 is 5.32 Å². The average Bonchev–Trinajstić information content (AvgIpc) is 2.46. The Morgan fingerprint density at radius 2 is 1.86 bits per heavy atom. The minimum absolute atomic E-state index is 0.148. The lowest BCUT2D eigenvalue weighted by atomic mass is 9.94. The van der Waals surface area contributed by atoms with Gasteiger partial charge in [0.25, 0.3) is 0 Å². The summed E-state index contributed by atoms with van der Waals surface area (Å²) in [6.07, 6.45) is 8.15. The van der Waals surface area contributed by atoms with Crippen LogP contribution in [0.15, 0.2) is 0 Å². The molecule has 5 heteroatoms. The summed E-state index contributed by atoms with van der Waals surface area (Å²) in [5.74, 6) is -0.842. The first-order chi connectivity index (χ1) is 10.4. The van der Waals surface area contributed by atoms with E-state index in [0.29, 0.717) is 18.9 Å². The predicted octanol–water partition coefficient (Wildman–Crippen LogP) is 2.65. The number of carboxylic acid groups (broad SMARTS) is 1. The third-order valence-corrected chi connectivity index (χ3v) is 4.45. The number of carbonyl (C=O) groups excluding carboxylic acids is 1. The van der Waals surface area contributed by atoms with Crippen molar-refractivity contribution in [3.8, 4) is 0 Å². The molecule has 22 heavy (non-hydrogen) atoms. The Morgan fingerprint density at radius 1 is 1.23 bits per heavy atom. The summed E-state index contributed by atoms with van der Waals surface area (Å²) in [6, 6.07) is -0.104. The Labute approximate surface area is 134 Å². The van der Waals surface area contributed by atoms with E-state index in [0.717, 1.165) is 13.0 Å². The highest BCUT2D eigenvalue weighted by Gasteiger charge is 2.21. The summed E-state index contributed by atoms with van der Waals surface area (Å²) in [5.41, 5.74) is 0. The van der Waals surface area contributed by atoms with Crippen LogP contribution in [0.4, 0.5) is 0 Å². The number of hydrogen-bond acceptors (Lipinski definition) is 3. The second-order valence-corrected chi connectivity index (χ2v) is 6.96. The Kier molecular flexibility index (Phi) is 8.46. The molecule has 0 aromatic rings. The van der Waals surface area contributed by atoms with Crippen LogP contribution in [-0.4, -0.2) is 47.6 Å². The zero-order chi connectivity index (χ0) is 16.5. The van der Waals surface area contributed by atoms with Gasteiger partial charge in [-0.2, -0.15) is 0 Å². The molecule has 0 heterocycles. The number of hydrogen-bond donors (Lipinski definition) is 2. The molecule has 2 N–H and O–H groups in total. The van der Waals surface area contributed by atoms with Crippen LogP contribution in [0, 0.1) is 5.92 Å². The quantitative estimate of drug-likeness (QED) is 0.687. The molecule has 1 aliphatic rings. The molecule has 1 amide bonds. The van der Waals surface area contributed by atoms with Gasteiger partial charge in [0.1, 0.15) is 6.04 Å². The molecule has 1 saturated carbocycles. The highest BCUT2D eigenvalue weighted by atomic mass is 16.4. The van der Waals surface area contributed by atoms with E-state index < -0.39 is 12.0 Å². The lowest BCUT2D eigenvalue weighted by molar-refractivity contribution is -0.142. The molecule has 0 aliphatic heterocycles. The van der Waals surface area contributed by atoms with E-state index in [1.54, 1.807) is 0 Å². The van der Waals surface area contributed by atoms with E-state index in [-0.39, 0.29) is 11.8 Å². The zero-order valence-corrected chi connectivity index (χ0v) is 14.3. The third kappa shape index (κ3) is 7.25. The Hall–Kier alpha value is -1.10. The standard InChI is InChI=1S/C17H32N2O3/c1-13(2)12-15(17(21)22)18-16(20)10-7-11-19(3)14-8-5-4-6-9-14/h13-15H,4-12H2,1-3H3,(H,18,20)(H,21,22). The van der Waals surface area contributed by atoms with Crippen molar-refractivity contribution < 1.29 is 14.7 Å². The molecule has 5 nitrogen and oxygen atoms in total. The van der Waals surface area contributed by atoms with Gasteiger partial charge in [-0.25, -0.2) is 4.79 Å². The summed E-state index contributed by atoms with van der Waals surface area (Å²) >= 11 is 0. The molecule has 128 valence electrons. The van der Waals surface area contributed by atoms with E-state index in [4.69, 9.17) is 5.11 Å². The number of nitrogens with one attached hydrogen (secondary N) is 1. The number of amides is 1. The number of aliphatic carboxylic acids is 1. The molecule has 1 rings (SSSR count). The van der Waals surface area contributed by atoms with E-state index in [1.807, 2.05) is 13.8 Å². The normalized spacial score (nSPS) is 17.7. The molecule has 1 unspecified atom stereocenters. The Bertz CT molecular complexity index is 352. The monoisotopic (exact) mass is 312 g/mol. The first-order valence-electron chi connectivity index (χ1n) is 8.62.